The predicted molar refractivity (Wildman–Crippen MR) is 92.6 cm³/mol. The molecule has 0 aromatic carbocycles. The van der Waals surface area contributed by atoms with Crippen molar-refractivity contribution in [2.75, 3.05) is 0 Å². The maximum atomic E-state index is 6.30. The molecule has 1 saturated heterocycles. The van der Waals surface area contributed by atoms with Crippen LogP contribution in [-0.4, -0.2) is 18.3 Å². The fourth-order valence-corrected chi connectivity index (χ4v) is 4.04. The Morgan fingerprint density at radius 2 is 1.64 bits per heavy atom. The van der Waals surface area contributed by atoms with Crippen LogP contribution in [0.3, 0.4) is 0 Å². The Balaban J connectivity index is 1.85. The van der Waals surface area contributed by atoms with Crippen molar-refractivity contribution in [1.82, 2.24) is 0 Å². The van der Waals surface area contributed by atoms with Crippen LogP contribution >= 0.6 is 0 Å². The van der Waals surface area contributed by atoms with Crippen LogP contribution in [0.4, 0.5) is 0 Å². The topological polar surface area (TPSA) is 18.5 Å². The number of rotatable bonds is 1. The number of hydrogen-bond donors (Lipinski definition) is 0. The van der Waals surface area contributed by atoms with E-state index in [0.717, 1.165) is 6.42 Å². The Morgan fingerprint density at radius 1 is 1.05 bits per heavy atom. The molecule has 3 aliphatic rings. The molecule has 3 rings (SSSR count). The van der Waals surface area contributed by atoms with Gasteiger partial charge in [-0.1, -0.05) is 31.1 Å². The molecule has 1 heterocycles. The number of hydrogen-bond acceptors (Lipinski definition) is 2. The third-order valence-electron chi connectivity index (χ3n) is 6.33. The smallest absolute Gasteiger partial charge is 0.400 e. The first-order chi connectivity index (χ1) is 10.0. The van der Waals surface area contributed by atoms with Crippen LogP contribution in [0.5, 0.6) is 0 Å². The molecule has 0 aromatic rings. The zero-order valence-corrected chi connectivity index (χ0v) is 15.4. The molecule has 2 aliphatic carbocycles. The first kappa shape index (κ1) is 16.3. The molecule has 2 nitrogen and oxygen atoms in total. The number of allylic oxidation sites excluding steroid dienone is 4. The van der Waals surface area contributed by atoms with E-state index >= 15 is 0 Å². The molecule has 0 aromatic heterocycles. The van der Waals surface area contributed by atoms with E-state index in [9.17, 15) is 0 Å². The first-order valence-corrected chi connectivity index (χ1v) is 8.77. The van der Waals surface area contributed by atoms with Crippen LogP contribution in [0.25, 0.3) is 0 Å². The van der Waals surface area contributed by atoms with Gasteiger partial charge in [0.25, 0.3) is 0 Å². The summed E-state index contributed by atoms with van der Waals surface area (Å²) in [5.74, 6) is 0.682. The van der Waals surface area contributed by atoms with Crippen molar-refractivity contribution in [1.29, 1.82) is 0 Å². The molecule has 1 unspecified atom stereocenters. The van der Waals surface area contributed by atoms with E-state index in [4.69, 9.17) is 9.31 Å². The van der Waals surface area contributed by atoms with Gasteiger partial charge in [0.15, 0.2) is 0 Å². The van der Waals surface area contributed by atoms with Crippen LogP contribution in [0.2, 0.25) is 0 Å². The summed E-state index contributed by atoms with van der Waals surface area (Å²) < 4.78 is 12.6. The Bertz CT molecular complexity index is 524. The largest absolute Gasteiger partial charge is 0.490 e. The van der Waals surface area contributed by atoms with Crippen LogP contribution in [0, 0.1) is 11.3 Å². The van der Waals surface area contributed by atoms with Gasteiger partial charge in [0.2, 0.25) is 0 Å². The maximum absolute atomic E-state index is 6.30. The molecule has 0 spiro atoms. The summed E-state index contributed by atoms with van der Waals surface area (Å²) in [6, 6.07) is 0. The van der Waals surface area contributed by atoms with Crippen LogP contribution in [0.1, 0.15) is 74.1 Å². The molecule has 0 N–H and O–H groups in total. The minimum absolute atomic E-state index is 0.173. The molecular weight excluding hydrogens is 271 g/mol. The molecule has 22 heavy (non-hydrogen) atoms. The molecule has 122 valence electrons. The highest BCUT2D eigenvalue weighted by molar-refractivity contribution is 6.55. The lowest BCUT2D eigenvalue weighted by atomic mass is 9.61. The second-order valence-corrected chi connectivity index (χ2v) is 9.29. The van der Waals surface area contributed by atoms with E-state index in [1.54, 1.807) is 5.57 Å². The van der Waals surface area contributed by atoms with Crippen LogP contribution < -0.4 is 0 Å². The Morgan fingerprint density at radius 3 is 2.23 bits per heavy atom. The van der Waals surface area contributed by atoms with Gasteiger partial charge in [-0.15, -0.1) is 0 Å². The molecule has 3 heteroatoms. The zero-order chi connectivity index (χ0) is 16.3. The van der Waals surface area contributed by atoms with E-state index in [1.165, 1.54) is 30.3 Å². The maximum Gasteiger partial charge on any atom is 0.490 e. The average Bonchev–Trinajstić information content (AvgIpc) is 2.57. The van der Waals surface area contributed by atoms with E-state index in [0.29, 0.717) is 11.3 Å². The molecule has 2 fully saturated rings. The third kappa shape index (κ3) is 2.71. The van der Waals surface area contributed by atoms with Crippen molar-refractivity contribution >= 4 is 7.12 Å². The third-order valence-corrected chi connectivity index (χ3v) is 6.33. The van der Waals surface area contributed by atoms with Gasteiger partial charge >= 0.3 is 7.12 Å². The normalized spacial score (nSPS) is 32.8. The summed E-state index contributed by atoms with van der Waals surface area (Å²) in [7, 11) is -0.173. The van der Waals surface area contributed by atoms with Crippen molar-refractivity contribution in [2.45, 2.75) is 85.4 Å². The van der Waals surface area contributed by atoms with Gasteiger partial charge < -0.3 is 9.31 Å². The second-order valence-electron chi connectivity index (χ2n) is 9.29. The fraction of sp³-hybridized carbons (Fsp3) is 0.789. The van der Waals surface area contributed by atoms with Crippen molar-refractivity contribution in [2.24, 2.45) is 11.3 Å². The van der Waals surface area contributed by atoms with Crippen molar-refractivity contribution in [3.63, 3.8) is 0 Å². The monoisotopic (exact) mass is 302 g/mol. The molecular formula is C19H31BO2. The lowest BCUT2D eigenvalue weighted by molar-refractivity contribution is 0.00578. The minimum Gasteiger partial charge on any atom is -0.400 e. The first-order valence-electron chi connectivity index (χ1n) is 8.77. The van der Waals surface area contributed by atoms with Gasteiger partial charge in [-0.25, -0.2) is 0 Å². The highest BCUT2D eigenvalue weighted by Gasteiger charge is 2.53. The van der Waals surface area contributed by atoms with Gasteiger partial charge in [0.05, 0.1) is 11.2 Å². The molecule has 0 amide bonds. The lowest BCUT2D eigenvalue weighted by Crippen LogP contribution is -2.41. The van der Waals surface area contributed by atoms with Gasteiger partial charge in [-0.3, -0.25) is 0 Å². The van der Waals surface area contributed by atoms with E-state index in [2.05, 4.69) is 54.5 Å². The Hall–Kier alpha value is -0.535. The lowest BCUT2D eigenvalue weighted by Gasteiger charge is -2.40. The summed E-state index contributed by atoms with van der Waals surface area (Å²) in [6.45, 7) is 15.6. The van der Waals surface area contributed by atoms with Crippen molar-refractivity contribution in [3.8, 4) is 0 Å². The van der Waals surface area contributed by atoms with E-state index in [-0.39, 0.29) is 18.3 Å². The summed E-state index contributed by atoms with van der Waals surface area (Å²) in [6.07, 6.45) is 7.39. The minimum atomic E-state index is -0.249. The summed E-state index contributed by atoms with van der Waals surface area (Å²) in [5.41, 5.74) is 4.35. The quantitative estimate of drug-likeness (QED) is 0.628. The second kappa shape index (κ2) is 4.98. The predicted octanol–water partition coefficient (Wildman–Crippen LogP) is 5.09. The summed E-state index contributed by atoms with van der Waals surface area (Å²) in [5, 5.41) is 0. The highest BCUT2D eigenvalue weighted by atomic mass is 16.7. The Kier molecular flexibility index (Phi) is 3.69. The molecule has 1 atom stereocenters. The average molecular weight is 302 g/mol. The van der Waals surface area contributed by atoms with Crippen LogP contribution in [-0.2, 0) is 9.31 Å². The highest BCUT2D eigenvalue weighted by Crippen LogP contribution is 2.48. The van der Waals surface area contributed by atoms with E-state index < -0.39 is 0 Å². The summed E-state index contributed by atoms with van der Waals surface area (Å²) >= 11 is 0. The Labute approximate surface area is 136 Å². The molecule has 0 radical (unpaired) electrons. The van der Waals surface area contributed by atoms with Crippen molar-refractivity contribution in [3.05, 3.63) is 22.7 Å². The number of fused-ring (bicyclic) bond motifs is 1. The van der Waals surface area contributed by atoms with Crippen LogP contribution in [0.15, 0.2) is 22.7 Å². The van der Waals surface area contributed by atoms with Gasteiger partial charge in [0.1, 0.15) is 0 Å². The van der Waals surface area contributed by atoms with E-state index in [1.807, 2.05) is 0 Å². The molecule has 0 bridgehead atoms. The van der Waals surface area contributed by atoms with Crippen molar-refractivity contribution < 1.29 is 9.31 Å². The summed E-state index contributed by atoms with van der Waals surface area (Å²) in [4.78, 5) is 0. The van der Waals surface area contributed by atoms with Gasteiger partial charge in [0, 0.05) is 0 Å². The molecule has 1 saturated carbocycles. The van der Waals surface area contributed by atoms with Gasteiger partial charge in [-0.2, -0.15) is 0 Å². The SMILES string of the molecule is CC1=C(B2OC(C)(C)C(C)(C)O2)CC2CC(C)(C)CCC2=C1. The fourth-order valence-electron chi connectivity index (χ4n) is 4.04. The zero-order valence-electron chi connectivity index (χ0n) is 15.4. The standard InChI is InChI=1S/C19H31BO2/c1-13-10-14-8-9-17(2,3)12-15(14)11-16(13)20-21-18(4,5)19(6,7)22-20/h10,15H,8-9,11-12H2,1-7H3. The van der Waals surface area contributed by atoms with Gasteiger partial charge in [-0.05, 0) is 77.1 Å². The molecule has 1 aliphatic heterocycles.